The lowest BCUT2D eigenvalue weighted by molar-refractivity contribution is 0.0654. The van der Waals surface area contributed by atoms with E-state index in [0.717, 1.165) is 57.2 Å². The second-order valence-electron chi connectivity index (χ2n) is 6.86. The van der Waals surface area contributed by atoms with E-state index in [4.69, 9.17) is 4.74 Å². The van der Waals surface area contributed by atoms with Crippen LogP contribution < -0.4 is 4.74 Å². The van der Waals surface area contributed by atoms with Gasteiger partial charge in [-0.2, -0.15) is 0 Å². The van der Waals surface area contributed by atoms with Gasteiger partial charge < -0.3 is 19.1 Å². The molecule has 3 aromatic rings. The average Bonchev–Trinajstić information content (AvgIpc) is 3.19. The molecule has 0 radical (unpaired) electrons. The van der Waals surface area contributed by atoms with Crippen molar-refractivity contribution in [3.63, 3.8) is 0 Å². The summed E-state index contributed by atoms with van der Waals surface area (Å²) < 4.78 is 9.69. The van der Waals surface area contributed by atoms with Crippen LogP contribution in [0, 0.1) is 0 Å². The third-order valence-corrected chi connectivity index (χ3v) is 6.62. The Hall–Kier alpha value is -1.83. The minimum absolute atomic E-state index is 0.116. The normalized spacial score (nSPS) is 15.4. The van der Waals surface area contributed by atoms with Crippen LogP contribution in [0.2, 0.25) is 0 Å². The quantitative estimate of drug-likeness (QED) is 0.608. The first kappa shape index (κ1) is 18.5. The molecule has 27 heavy (non-hydrogen) atoms. The van der Waals surface area contributed by atoms with Crippen LogP contribution in [-0.2, 0) is 6.54 Å². The highest BCUT2D eigenvalue weighted by Gasteiger charge is 2.25. The maximum atomic E-state index is 13.2. The Bertz CT molecular complexity index is 973. The highest BCUT2D eigenvalue weighted by atomic mass is 79.9. The summed E-state index contributed by atoms with van der Waals surface area (Å²) in [6, 6.07) is 12.1. The minimum Gasteiger partial charge on any atom is -0.497 e. The molecule has 4 rings (SSSR count). The molecule has 1 aliphatic heterocycles. The molecule has 0 atom stereocenters. The van der Waals surface area contributed by atoms with Gasteiger partial charge in [0.1, 0.15) is 11.4 Å². The van der Waals surface area contributed by atoms with E-state index >= 15 is 0 Å². The number of thiophene rings is 1. The van der Waals surface area contributed by atoms with Gasteiger partial charge in [-0.3, -0.25) is 4.79 Å². The Morgan fingerprint density at radius 3 is 2.70 bits per heavy atom. The van der Waals surface area contributed by atoms with Crippen molar-refractivity contribution in [3.8, 4) is 5.75 Å². The van der Waals surface area contributed by atoms with Gasteiger partial charge >= 0.3 is 0 Å². The van der Waals surface area contributed by atoms with E-state index in [1.807, 2.05) is 29.2 Å². The molecule has 1 fully saturated rings. The predicted molar refractivity (Wildman–Crippen MR) is 113 cm³/mol. The molecule has 1 saturated heterocycles. The third kappa shape index (κ3) is 3.77. The number of ether oxygens (including phenoxy) is 1. The van der Waals surface area contributed by atoms with Crippen LogP contribution in [0.4, 0.5) is 0 Å². The number of methoxy groups -OCH3 is 1. The molecule has 142 valence electrons. The number of nitrogens with zero attached hydrogens (tertiary/aromatic N) is 3. The van der Waals surface area contributed by atoms with Gasteiger partial charge in [0.25, 0.3) is 5.91 Å². The molecule has 0 spiro atoms. The van der Waals surface area contributed by atoms with Crippen LogP contribution in [0.1, 0.15) is 16.1 Å². The fraction of sp³-hybridized carbons (Fsp3) is 0.350. The molecule has 2 aromatic heterocycles. The lowest BCUT2D eigenvalue weighted by Gasteiger charge is -2.32. The average molecular weight is 448 g/mol. The molecule has 0 saturated carbocycles. The van der Waals surface area contributed by atoms with Gasteiger partial charge in [0, 0.05) is 32.7 Å². The highest BCUT2D eigenvalue weighted by molar-refractivity contribution is 9.11. The van der Waals surface area contributed by atoms with Gasteiger partial charge in [-0.05, 0) is 52.8 Å². The first-order valence-corrected chi connectivity index (χ1v) is 10.6. The molecule has 1 amide bonds. The monoisotopic (exact) mass is 447 g/mol. The fourth-order valence-electron chi connectivity index (χ4n) is 3.48. The summed E-state index contributed by atoms with van der Waals surface area (Å²) in [7, 11) is 3.77. The maximum absolute atomic E-state index is 13.2. The summed E-state index contributed by atoms with van der Waals surface area (Å²) in [6.07, 6.45) is 0. The van der Waals surface area contributed by atoms with Crippen LogP contribution in [-0.4, -0.2) is 60.6 Å². The zero-order valence-corrected chi connectivity index (χ0v) is 17.8. The number of piperazine rings is 1. The van der Waals surface area contributed by atoms with Crippen molar-refractivity contribution in [2.24, 2.45) is 0 Å². The molecule has 7 heteroatoms. The van der Waals surface area contributed by atoms with Crippen molar-refractivity contribution in [3.05, 3.63) is 51.4 Å². The Morgan fingerprint density at radius 2 is 1.96 bits per heavy atom. The molecule has 0 bridgehead atoms. The number of hydrogen-bond acceptors (Lipinski definition) is 4. The molecule has 0 N–H and O–H groups in total. The van der Waals surface area contributed by atoms with Crippen molar-refractivity contribution >= 4 is 43.4 Å². The number of aromatic nitrogens is 1. The first-order valence-electron chi connectivity index (χ1n) is 8.94. The second-order valence-corrected chi connectivity index (χ2v) is 9.33. The number of benzene rings is 1. The Morgan fingerprint density at radius 1 is 1.19 bits per heavy atom. The van der Waals surface area contributed by atoms with Gasteiger partial charge in [0.2, 0.25) is 0 Å². The Labute approximate surface area is 171 Å². The number of amides is 1. The summed E-state index contributed by atoms with van der Waals surface area (Å²) in [5.74, 6) is 0.944. The lowest BCUT2D eigenvalue weighted by atomic mass is 10.2. The van der Waals surface area contributed by atoms with E-state index in [0.29, 0.717) is 6.54 Å². The summed E-state index contributed by atoms with van der Waals surface area (Å²) in [5, 5.41) is 0. The number of carbonyl (C=O) groups is 1. The highest BCUT2D eigenvalue weighted by Crippen LogP contribution is 2.33. The number of likely N-dealkylation sites (N-methyl/N-ethyl adjacent to an activating group) is 1. The molecule has 1 aliphatic rings. The predicted octanol–water partition coefficient (Wildman–Crippen LogP) is 3.91. The smallest absolute Gasteiger partial charge is 0.270 e. The van der Waals surface area contributed by atoms with E-state index in [9.17, 15) is 4.79 Å². The van der Waals surface area contributed by atoms with Crippen LogP contribution in [0.25, 0.3) is 10.2 Å². The van der Waals surface area contributed by atoms with Crippen LogP contribution in [0.5, 0.6) is 5.75 Å². The number of halogens is 1. The lowest BCUT2D eigenvalue weighted by Crippen LogP contribution is -2.47. The minimum atomic E-state index is 0.116. The SMILES string of the molecule is COc1cccc(Cn2c(C(=O)N3CCN(C)CC3)cc3sc(Br)cc32)c1. The van der Waals surface area contributed by atoms with Gasteiger partial charge in [0.05, 0.1) is 21.1 Å². The maximum Gasteiger partial charge on any atom is 0.270 e. The van der Waals surface area contributed by atoms with Crippen molar-refractivity contribution < 1.29 is 9.53 Å². The van der Waals surface area contributed by atoms with E-state index < -0.39 is 0 Å². The zero-order valence-electron chi connectivity index (χ0n) is 15.4. The summed E-state index contributed by atoms with van der Waals surface area (Å²) in [5.41, 5.74) is 2.96. The molecular weight excluding hydrogens is 426 g/mol. The standard InChI is InChI=1S/C20H22BrN3O2S/c1-22-6-8-23(9-7-22)20(25)17-11-18-16(12-19(21)27-18)24(17)13-14-4-3-5-15(10-14)26-2/h3-5,10-12H,6-9,13H2,1-2H3. The van der Waals surface area contributed by atoms with Crippen LogP contribution in [0.15, 0.2) is 40.2 Å². The Balaban J connectivity index is 1.71. The van der Waals surface area contributed by atoms with Crippen molar-refractivity contribution in [1.82, 2.24) is 14.4 Å². The zero-order chi connectivity index (χ0) is 19.0. The molecule has 0 unspecified atom stereocenters. The molecule has 1 aromatic carbocycles. The van der Waals surface area contributed by atoms with Crippen molar-refractivity contribution in [1.29, 1.82) is 0 Å². The summed E-state index contributed by atoms with van der Waals surface area (Å²) in [4.78, 5) is 17.5. The van der Waals surface area contributed by atoms with Crippen molar-refractivity contribution in [2.75, 3.05) is 40.3 Å². The van der Waals surface area contributed by atoms with E-state index in [-0.39, 0.29) is 5.91 Å². The van der Waals surface area contributed by atoms with Gasteiger partial charge in [-0.1, -0.05) is 12.1 Å². The molecule has 0 aliphatic carbocycles. The number of carbonyl (C=O) groups excluding carboxylic acids is 1. The number of rotatable bonds is 4. The topological polar surface area (TPSA) is 37.7 Å². The Kier molecular flexibility index (Phi) is 5.25. The van der Waals surface area contributed by atoms with Crippen LogP contribution >= 0.6 is 27.3 Å². The molecule has 5 nitrogen and oxygen atoms in total. The number of fused-ring (bicyclic) bond motifs is 1. The van der Waals surface area contributed by atoms with E-state index in [1.165, 1.54) is 0 Å². The first-order chi connectivity index (χ1) is 13.0. The molecular formula is C20H22BrN3O2S. The fourth-order valence-corrected chi connectivity index (χ4v) is 5.05. The van der Waals surface area contributed by atoms with Gasteiger partial charge in [0.15, 0.2) is 0 Å². The second kappa shape index (κ2) is 7.66. The van der Waals surface area contributed by atoms with Gasteiger partial charge in [-0.25, -0.2) is 0 Å². The van der Waals surface area contributed by atoms with E-state index in [2.05, 4.69) is 44.6 Å². The summed E-state index contributed by atoms with van der Waals surface area (Å²) >= 11 is 5.24. The van der Waals surface area contributed by atoms with Crippen LogP contribution in [0.3, 0.4) is 0 Å². The number of hydrogen-bond donors (Lipinski definition) is 0. The third-order valence-electron chi connectivity index (χ3n) is 5.04. The largest absolute Gasteiger partial charge is 0.497 e. The van der Waals surface area contributed by atoms with Crippen molar-refractivity contribution in [2.45, 2.75) is 6.54 Å². The summed E-state index contributed by atoms with van der Waals surface area (Å²) in [6.45, 7) is 4.03. The molecule has 3 heterocycles. The van der Waals surface area contributed by atoms with Gasteiger partial charge in [-0.15, -0.1) is 11.3 Å². The van der Waals surface area contributed by atoms with E-state index in [1.54, 1.807) is 18.4 Å².